The van der Waals surface area contributed by atoms with E-state index in [0.29, 0.717) is 34.4 Å². The zero-order valence-electron chi connectivity index (χ0n) is 18.8. The Morgan fingerprint density at radius 2 is 1.45 bits per heavy atom. The molecular formula is C26H26O7. The average molecular weight is 450 g/mol. The summed E-state index contributed by atoms with van der Waals surface area (Å²) >= 11 is 0. The van der Waals surface area contributed by atoms with Crippen LogP contribution in [0.25, 0.3) is 0 Å². The first kappa shape index (κ1) is 22.3. The fourth-order valence-electron chi connectivity index (χ4n) is 4.30. The number of phenols is 4. The molecule has 1 heterocycles. The summed E-state index contributed by atoms with van der Waals surface area (Å²) in [5, 5.41) is 39.8. The normalized spacial score (nSPS) is 17.2. The Kier molecular flexibility index (Phi) is 5.57. The van der Waals surface area contributed by atoms with E-state index in [9.17, 15) is 25.2 Å². The van der Waals surface area contributed by atoms with Gasteiger partial charge >= 0.3 is 5.97 Å². The van der Waals surface area contributed by atoms with E-state index in [-0.39, 0.29) is 5.75 Å². The molecule has 3 aromatic carbocycles. The van der Waals surface area contributed by atoms with E-state index in [1.165, 1.54) is 12.1 Å². The van der Waals surface area contributed by atoms with Gasteiger partial charge in [0.15, 0.2) is 23.4 Å². The van der Waals surface area contributed by atoms with Crippen molar-refractivity contribution in [2.24, 2.45) is 0 Å². The summed E-state index contributed by atoms with van der Waals surface area (Å²) in [6.07, 6.45) is -1.25. The van der Waals surface area contributed by atoms with Gasteiger partial charge in [-0.15, -0.1) is 0 Å². The first-order valence-electron chi connectivity index (χ1n) is 10.6. The van der Waals surface area contributed by atoms with E-state index in [2.05, 4.69) is 0 Å². The molecule has 0 saturated carbocycles. The Balaban J connectivity index is 1.75. The number of aryl methyl sites for hydroxylation is 4. The number of esters is 1. The van der Waals surface area contributed by atoms with Gasteiger partial charge in [-0.25, -0.2) is 4.79 Å². The van der Waals surface area contributed by atoms with E-state index in [1.807, 2.05) is 26.0 Å². The van der Waals surface area contributed by atoms with Crippen LogP contribution < -0.4 is 4.74 Å². The van der Waals surface area contributed by atoms with Crippen LogP contribution in [0, 0.1) is 27.7 Å². The number of fused-ring (bicyclic) bond motifs is 1. The highest BCUT2D eigenvalue weighted by Crippen LogP contribution is 2.43. The Bertz CT molecular complexity index is 1220. The minimum absolute atomic E-state index is 0.125. The average Bonchev–Trinajstić information content (AvgIpc) is 2.75. The van der Waals surface area contributed by atoms with Gasteiger partial charge in [0.2, 0.25) is 0 Å². The number of aromatic hydroxyl groups is 4. The number of carbonyl (C=O) groups is 1. The zero-order valence-corrected chi connectivity index (χ0v) is 18.8. The van der Waals surface area contributed by atoms with Gasteiger partial charge < -0.3 is 29.9 Å². The molecule has 0 spiro atoms. The lowest BCUT2D eigenvalue weighted by atomic mass is 9.91. The number of benzene rings is 3. The maximum atomic E-state index is 13.0. The van der Waals surface area contributed by atoms with Crippen molar-refractivity contribution in [2.75, 3.05) is 0 Å². The SMILES string of the molecule is Cc1cc(C)c2c(c1)OC(c1cc(O)c(O)c(O)c1)[C@H](OC(=O)c1cc(C)c(O)c(C)c1)C2. The minimum Gasteiger partial charge on any atom is -0.507 e. The number of ether oxygens (including phenoxy) is 2. The van der Waals surface area contributed by atoms with Crippen LogP contribution in [-0.4, -0.2) is 32.5 Å². The van der Waals surface area contributed by atoms with Crippen molar-refractivity contribution in [1.29, 1.82) is 0 Å². The fraction of sp³-hybridized carbons (Fsp3) is 0.269. The van der Waals surface area contributed by atoms with Gasteiger partial charge in [0, 0.05) is 17.5 Å². The summed E-state index contributed by atoms with van der Waals surface area (Å²) in [6, 6.07) is 9.59. The quantitative estimate of drug-likeness (QED) is 0.339. The minimum atomic E-state index is -0.834. The molecular weight excluding hydrogens is 424 g/mol. The maximum absolute atomic E-state index is 13.0. The molecule has 0 bridgehead atoms. The van der Waals surface area contributed by atoms with Gasteiger partial charge in [0.05, 0.1) is 5.56 Å². The number of carbonyl (C=O) groups excluding carboxylic acids is 1. The second kappa shape index (κ2) is 8.24. The van der Waals surface area contributed by atoms with Crippen molar-refractivity contribution in [3.63, 3.8) is 0 Å². The molecule has 2 atom stereocenters. The lowest BCUT2D eigenvalue weighted by molar-refractivity contribution is -0.0185. The van der Waals surface area contributed by atoms with Crippen molar-refractivity contribution in [2.45, 2.75) is 46.3 Å². The van der Waals surface area contributed by atoms with Gasteiger partial charge in [0.25, 0.3) is 0 Å². The smallest absolute Gasteiger partial charge is 0.338 e. The largest absolute Gasteiger partial charge is 0.507 e. The van der Waals surface area contributed by atoms with Crippen LogP contribution >= 0.6 is 0 Å². The van der Waals surface area contributed by atoms with E-state index < -0.39 is 35.4 Å². The van der Waals surface area contributed by atoms with Crippen molar-refractivity contribution >= 4 is 5.97 Å². The van der Waals surface area contributed by atoms with Crippen molar-refractivity contribution < 1.29 is 34.7 Å². The second-order valence-electron chi connectivity index (χ2n) is 8.61. The molecule has 0 aromatic heterocycles. The Morgan fingerprint density at radius 1 is 0.848 bits per heavy atom. The Morgan fingerprint density at radius 3 is 2.06 bits per heavy atom. The van der Waals surface area contributed by atoms with Crippen LogP contribution in [-0.2, 0) is 11.2 Å². The van der Waals surface area contributed by atoms with Crippen molar-refractivity contribution in [1.82, 2.24) is 0 Å². The summed E-state index contributed by atoms with van der Waals surface area (Å²) < 4.78 is 12.1. The molecule has 0 aliphatic carbocycles. The third-order valence-corrected chi connectivity index (χ3v) is 5.98. The predicted octanol–water partition coefficient (Wildman–Crippen LogP) is 4.64. The van der Waals surface area contributed by atoms with E-state index in [4.69, 9.17) is 9.47 Å². The molecule has 4 rings (SSSR count). The molecule has 1 aliphatic heterocycles. The molecule has 0 amide bonds. The molecule has 1 unspecified atom stereocenters. The van der Waals surface area contributed by atoms with Gasteiger partial charge in [-0.05, 0) is 80.3 Å². The molecule has 0 fully saturated rings. The highest BCUT2D eigenvalue weighted by molar-refractivity contribution is 5.90. The standard InChI is InChI=1S/C26H26O7/c1-12-5-13(2)18-11-22(33-26(31)17-7-14(3)23(29)15(4)8-17)25(32-21(18)6-12)16-9-19(27)24(30)20(28)10-16/h5-10,22,25,27-30H,11H2,1-4H3/t22-,25?/m1/s1. The zero-order chi connectivity index (χ0) is 24.0. The molecule has 33 heavy (non-hydrogen) atoms. The van der Waals surface area contributed by atoms with Gasteiger partial charge in [-0.3, -0.25) is 0 Å². The monoisotopic (exact) mass is 450 g/mol. The third-order valence-electron chi connectivity index (χ3n) is 5.98. The highest BCUT2D eigenvalue weighted by Gasteiger charge is 2.36. The molecule has 3 aromatic rings. The van der Waals surface area contributed by atoms with Gasteiger partial charge in [-0.1, -0.05) is 6.07 Å². The van der Waals surface area contributed by atoms with E-state index in [1.54, 1.807) is 26.0 Å². The van der Waals surface area contributed by atoms with Crippen molar-refractivity contribution in [3.8, 4) is 28.7 Å². The van der Waals surface area contributed by atoms with Crippen molar-refractivity contribution in [3.05, 3.63) is 75.3 Å². The topological polar surface area (TPSA) is 116 Å². The van der Waals surface area contributed by atoms with Gasteiger partial charge in [-0.2, -0.15) is 0 Å². The first-order valence-corrected chi connectivity index (χ1v) is 10.6. The molecule has 172 valence electrons. The molecule has 7 nitrogen and oxygen atoms in total. The maximum Gasteiger partial charge on any atom is 0.338 e. The van der Waals surface area contributed by atoms with E-state index >= 15 is 0 Å². The third kappa shape index (κ3) is 4.14. The molecule has 4 N–H and O–H groups in total. The number of hydrogen-bond donors (Lipinski definition) is 4. The molecule has 1 aliphatic rings. The van der Waals surface area contributed by atoms with Crippen LogP contribution in [0.15, 0.2) is 36.4 Å². The van der Waals surface area contributed by atoms with Crippen LogP contribution in [0.1, 0.15) is 49.8 Å². The number of phenolic OH excluding ortho intramolecular Hbond substituents is 4. The molecule has 0 saturated heterocycles. The summed E-state index contributed by atoms with van der Waals surface area (Å²) in [6.45, 7) is 7.32. The van der Waals surface area contributed by atoms with Crippen LogP contribution in [0.5, 0.6) is 28.7 Å². The van der Waals surface area contributed by atoms with Crippen LogP contribution in [0.4, 0.5) is 0 Å². The number of rotatable bonds is 3. The summed E-state index contributed by atoms with van der Waals surface area (Å²) in [4.78, 5) is 13.0. The van der Waals surface area contributed by atoms with Gasteiger partial charge in [0.1, 0.15) is 17.6 Å². The summed E-state index contributed by atoms with van der Waals surface area (Å²) in [5.74, 6) is -1.47. The molecule has 7 heteroatoms. The second-order valence-corrected chi connectivity index (χ2v) is 8.61. The summed E-state index contributed by atoms with van der Waals surface area (Å²) in [7, 11) is 0. The number of hydrogen-bond acceptors (Lipinski definition) is 7. The first-order chi connectivity index (χ1) is 15.5. The Hall–Kier alpha value is -3.87. The summed E-state index contributed by atoms with van der Waals surface area (Å²) in [5.41, 5.74) is 4.67. The highest BCUT2D eigenvalue weighted by atomic mass is 16.6. The van der Waals surface area contributed by atoms with Crippen LogP contribution in [0.2, 0.25) is 0 Å². The lowest BCUT2D eigenvalue weighted by Gasteiger charge is -2.34. The molecule has 0 radical (unpaired) electrons. The predicted molar refractivity (Wildman–Crippen MR) is 121 cm³/mol. The Labute approximate surface area is 191 Å². The van der Waals surface area contributed by atoms with Crippen LogP contribution in [0.3, 0.4) is 0 Å². The lowest BCUT2D eigenvalue weighted by Crippen LogP contribution is -2.35. The fourth-order valence-corrected chi connectivity index (χ4v) is 4.30. The van der Waals surface area contributed by atoms with E-state index in [0.717, 1.165) is 16.7 Å².